The number of nitrogens with one attached hydrogen (secondary N) is 2. The Bertz CT molecular complexity index is 892. The topological polar surface area (TPSA) is 70.7 Å². The molecule has 172 valence electrons. The molecule has 0 aliphatic carbocycles. The van der Waals surface area contributed by atoms with Crippen molar-refractivity contribution in [1.82, 2.24) is 15.5 Å². The summed E-state index contributed by atoms with van der Waals surface area (Å²) < 4.78 is 18.2. The fourth-order valence-corrected chi connectivity index (χ4v) is 3.88. The highest BCUT2D eigenvalue weighted by molar-refractivity contribution is 5.97. The molecule has 2 aromatic carbocycles. The molecule has 0 spiro atoms. The first kappa shape index (κ1) is 23.7. The molecule has 2 aromatic rings. The van der Waals surface area contributed by atoms with Crippen LogP contribution in [0.4, 0.5) is 4.39 Å². The average Bonchev–Trinajstić information content (AvgIpc) is 2.80. The van der Waals surface area contributed by atoms with Crippen LogP contribution in [0.5, 0.6) is 5.75 Å². The average molecular weight is 442 g/mol. The number of hydrogen-bond donors (Lipinski definition) is 2. The van der Waals surface area contributed by atoms with Gasteiger partial charge in [0.1, 0.15) is 17.6 Å². The zero-order valence-electron chi connectivity index (χ0n) is 18.9. The van der Waals surface area contributed by atoms with Crippen LogP contribution in [-0.2, 0) is 11.3 Å². The van der Waals surface area contributed by atoms with Crippen LogP contribution in [0.3, 0.4) is 0 Å². The van der Waals surface area contributed by atoms with Gasteiger partial charge in [-0.2, -0.15) is 0 Å². The number of benzene rings is 2. The van der Waals surface area contributed by atoms with Crippen molar-refractivity contribution in [2.75, 3.05) is 20.2 Å². The minimum absolute atomic E-state index is 0.0456. The van der Waals surface area contributed by atoms with Gasteiger partial charge in [0, 0.05) is 31.2 Å². The largest absolute Gasteiger partial charge is 0.497 e. The Morgan fingerprint density at radius 3 is 2.25 bits per heavy atom. The number of nitrogens with zero attached hydrogens (tertiary/aromatic N) is 1. The van der Waals surface area contributed by atoms with E-state index in [-0.39, 0.29) is 29.6 Å². The predicted molar refractivity (Wildman–Crippen MR) is 122 cm³/mol. The molecule has 0 bridgehead atoms. The van der Waals surface area contributed by atoms with Crippen LogP contribution in [-0.4, -0.2) is 49.0 Å². The quantitative estimate of drug-likeness (QED) is 0.659. The van der Waals surface area contributed by atoms with Crippen molar-refractivity contribution in [1.29, 1.82) is 0 Å². The fraction of sp³-hybridized carbons (Fsp3) is 0.440. The van der Waals surface area contributed by atoms with Crippen molar-refractivity contribution in [3.05, 3.63) is 65.5 Å². The summed E-state index contributed by atoms with van der Waals surface area (Å²) in [4.78, 5) is 27.9. The number of carbonyl (C=O) groups is 2. The maximum atomic E-state index is 13.1. The van der Waals surface area contributed by atoms with Crippen molar-refractivity contribution in [3.63, 3.8) is 0 Å². The van der Waals surface area contributed by atoms with E-state index >= 15 is 0 Å². The first-order chi connectivity index (χ1) is 15.4. The van der Waals surface area contributed by atoms with Gasteiger partial charge < -0.3 is 15.4 Å². The number of halogens is 1. The third-order valence-electron chi connectivity index (χ3n) is 5.84. The summed E-state index contributed by atoms with van der Waals surface area (Å²) in [5, 5.41) is 5.99. The molecule has 32 heavy (non-hydrogen) atoms. The molecule has 1 saturated heterocycles. The van der Waals surface area contributed by atoms with E-state index in [9.17, 15) is 14.0 Å². The van der Waals surface area contributed by atoms with E-state index in [0.717, 1.165) is 38.0 Å². The number of likely N-dealkylation sites (tertiary alicyclic amines) is 1. The summed E-state index contributed by atoms with van der Waals surface area (Å²) in [7, 11) is 1.57. The summed E-state index contributed by atoms with van der Waals surface area (Å²) >= 11 is 0. The molecule has 1 heterocycles. The van der Waals surface area contributed by atoms with Crippen molar-refractivity contribution in [2.24, 2.45) is 5.92 Å². The second kappa shape index (κ2) is 11.1. The van der Waals surface area contributed by atoms with Crippen molar-refractivity contribution < 1.29 is 18.7 Å². The van der Waals surface area contributed by atoms with Crippen LogP contribution in [0.1, 0.15) is 42.6 Å². The minimum atomic E-state index is -0.609. The zero-order chi connectivity index (χ0) is 23.1. The van der Waals surface area contributed by atoms with E-state index in [1.807, 2.05) is 26.0 Å². The summed E-state index contributed by atoms with van der Waals surface area (Å²) in [6.07, 6.45) is 1.67. The number of methoxy groups -OCH3 is 1. The number of ether oxygens (including phenoxy) is 1. The zero-order valence-corrected chi connectivity index (χ0v) is 18.9. The summed E-state index contributed by atoms with van der Waals surface area (Å²) in [5.74, 6) is -0.0374. The van der Waals surface area contributed by atoms with Gasteiger partial charge in [0.05, 0.1) is 7.11 Å². The van der Waals surface area contributed by atoms with Crippen LogP contribution < -0.4 is 15.4 Å². The molecule has 3 rings (SSSR count). The van der Waals surface area contributed by atoms with Crippen molar-refractivity contribution in [3.8, 4) is 5.75 Å². The lowest BCUT2D eigenvalue weighted by molar-refractivity contribution is -0.125. The van der Waals surface area contributed by atoms with Crippen LogP contribution >= 0.6 is 0 Å². The minimum Gasteiger partial charge on any atom is -0.497 e. The Balaban J connectivity index is 1.50. The molecule has 1 aliphatic heterocycles. The fourth-order valence-electron chi connectivity index (χ4n) is 3.88. The number of hydrogen-bond acceptors (Lipinski definition) is 4. The Kier molecular flexibility index (Phi) is 8.22. The number of carbonyl (C=O) groups excluding carboxylic acids is 2. The Morgan fingerprint density at radius 1 is 1.06 bits per heavy atom. The molecule has 0 saturated carbocycles. The molecule has 1 atom stereocenters. The smallest absolute Gasteiger partial charge is 0.251 e. The summed E-state index contributed by atoms with van der Waals surface area (Å²) in [5.41, 5.74) is 1.56. The molecular weight excluding hydrogens is 409 g/mol. The van der Waals surface area contributed by atoms with Gasteiger partial charge in [-0.25, -0.2) is 4.39 Å². The summed E-state index contributed by atoms with van der Waals surface area (Å²) in [6, 6.07) is 12.8. The monoisotopic (exact) mass is 441 g/mol. The highest BCUT2D eigenvalue weighted by Gasteiger charge is 2.28. The molecule has 0 aromatic heterocycles. The van der Waals surface area contributed by atoms with Gasteiger partial charge in [-0.15, -0.1) is 0 Å². The SMILES string of the molecule is COc1ccc(C(=O)NC(C(=O)NC2CCN(Cc3ccc(F)cc3)CC2)C(C)C)cc1. The maximum Gasteiger partial charge on any atom is 0.251 e. The first-order valence-electron chi connectivity index (χ1n) is 11.1. The Hall–Kier alpha value is -2.93. The number of amides is 2. The molecule has 2 N–H and O–H groups in total. The van der Waals surface area contributed by atoms with E-state index in [1.165, 1.54) is 12.1 Å². The molecule has 6 nitrogen and oxygen atoms in total. The lowest BCUT2D eigenvalue weighted by atomic mass is 10.00. The van der Waals surface area contributed by atoms with E-state index in [4.69, 9.17) is 4.74 Å². The normalized spacial score (nSPS) is 15.9. The van der Waals surface area contributed by atoms with Gasteiger partial charge in [0.15, 0.2) is 0 Å². The van der Waals surface area contributed by atoms with Crippen LogP contribution in [0.15, 0.2) is 48.5 Å². The van der Waals surface area contributed by atoms with E-state index in [2.05, 4.69) is 15.5 Å². The number of piperidine rings is 1. The highest BCUT2D eigenvalue weighted by Crippen LogP contribution is 2.16. The van der Waals surface area contributed by atoms with Gasteiger partial charge in [0.2, 0.25) is 5.91 Å². The van der Waals surface area contributed by atoms with E-state index in [0.29, 0.717) is 11.3 Å². The molecule has 7 heteroatoms. The van der Waals surface area contributed by atoms with Gasteiger partial charge >= 0.3 is 0 Å². The molecule has 1 unspecified atom stereocenters. The summed E-state index contributed by atoms with van der Waals surface area (Å²) in [6.45, 7) is 6.32. The van der Waals surface area contributed by atoms with E-state index < -0.39 is 6.04 Å². The molecule has 0 radical (unpaired) electrons. The maximum absolute atomic E-state index is 13.1. The first-order valence-corrected chi connectivity index (χ1v) is 11.1. The third kappa shape index (κ3) is 6.53. The van der Waals surface area contributed by atoms with Crippen LogP contribution in [0.2, 0.25) is 0 Å². The van der Waals surface area contributed by atoms with Gasteiger partial charge in [0.25, 0.3) is 5.91 Å². The number of rotatable bonds is 8. The van der Waals surface area contributed by atoms with Crippen molar-refractivity contribution >= 4 is 11.8 Å². The van der Waals surface area contributed by atoms with Crippen molar-refractivity contribution in [2.45, 2.75) is 45.3 Å². The second-order valence-corrected chi connectivity index (χ2v) is 8.61. The molecular formula is C25H32FN3O3. The van der Waals surface area contributed by atoms with Gasteiger partial charge in [-0.3, -0.25) is 14.5 Å². The highest BCUT2D eigenvalue weighted by atomic mass is 19.1. The Morgan fingerprint density at radius 2 is 1.69 bits per heavy atom. The lowest BCUT2D eigenvalue weighted by Gasteiger charge is -2.33. The third-order valence-corrected chi connectivity index (χ3v) is 5.84. The second-order valence-electron chi connectivity index (χ2n) is 8.61. The van der Waals surface area contributed by atoms with Crippen LogP contribution in [0.25, 0.3) is 0 Å². The Labute approximate surface area is 189 Å². The molecule has 1 aliphatic rings. The predicted octanol–water partition coefficient (Wildman–Crippen LogP) is 3.37. The molecule has 1 fully saturated rings. The van der Waals surface area contributed by atoms with Gasteiger partial charge in [-0.05, 0) is 60.7 Å². The molecule has 2 amide bonds. The standard InChI is InChI=1S/C25H32FN3O3/c1-17(2)23(28-24(30)19-6-10-22(32-3)11-7-19)25(31)27-21-12-14-29(15-13-21)16-18-4-8-20(26)9-5-18/h4-11,17,21,23H,12-16H2,1-3H3,(H,27,31)(H,28,30). The lowest BCUT2D eigenvalue weighted by Crippen LogP contribution is -2.53. The van der Waals surface area contributed by atoms with E-state index in [1.54, 1.807) is 31.4 Å². The van der Waals surface area contributed by atoms with Crippen LogP contribution in [0, 0.1) is 11.7 Å². The van der Waals surface area contributed by atoms with Gasteiger partial charge in [-0.1, -0.05) is 26.0 Å².